The third-order valence-corrected chi connectivity index (χ3v) is 6.52. The molecule has 178 valence electrons. The van der Waals surface area contributed by atoms with Crippen molar-refractivity contribution >= 4 is 78.3 Å². The van der Waals surface area contributed by atoms with E-state index in [2.05, 4.69) is 42.6 Å². The molecule has 1 unspecified atom stereocenters. The van der Waals surface area contributed by atoms with Crippen molar-refractivity contribution in [2.75, 3.05) is 10.2 Å². The fourth-order valence-corrected chi connectivity index (χ4v) is 4.49. The molecule has 11 heteroatoms. The molecule has 0 radical (unpaired) electrons. The monoisotopic (exact) mass is 618 g/mol. The van der Waals surface area contributed by atoms with Crippen molar-refractivity contribution in [1.29, 1.82) is 0 Å². The van der Waals surface area contributed by atoms with Crippen LogP contribution < -0.4 is 15.6 Å². The normalized spacial score (nSPS) is 15.3. The van der Waals surface area contributed by atoms with Crippen LogP contribution in [0.1, 0.15) is 16.8 Å². The first-order valence-electron chi connectivity index (χ1n) is 10.3. The van der Waals surface area contributed by atoms with Crippen molar-refractivity contribution < 1.29 is 18.8 Å². The molecule has 35 heavy (non-hydrogen) atoms. The number of halogens is 3. The molecule has 3 aromatic carbocycles. The lowest BCUT2D eigenvalue weighted by atomic mass is 10.1. The first-order valence-corrected chi connectivity index (χ1v) is 12.3. The predicted molar refractivity (Wildman–Crippen MR) is 141 cm³/mol. The lowest BCUT2D eigenvalue weighted by Crippen LogP contribution is -2.49. The SMILES string of the molecule is O=C(CC1C(=O)N(c2ccc(F)cc2)C(=S)N1NC(=O)c1ccc(Br)cc1)Nc1cccc(Br)c1. The quantitative estimate of drug-likeness (QED) is 0.379. The zero-order valence-electron chi connectivity index (χ0n) is 17.9. The molecule has 0 bridgehead atoms. The number of hydrazine groups is 1. The third-order valence-electron chi connectivity index (χ3n) is 5.11. The molecule has 1 saturated heterocycles. The van der Waals surface area contributed by atoms with Crippen LogP contribution in [-0.2, 0) is 9.59 Å². The standard InChI is InChI=1S/C24H17Br2FN4O3S/c25-15-6-4-14(5-7-15)22(33)29-31-20(13-21(32)28-18-3-1-2-16(26)12-18)23(34)30(24(31)35)19-10-8-17(27)9-11-19/h1-12,20H,13H2,(H,28,32)(H,29,33). The zero-order chi connectivity index (χ0) is 25.1. The van der Waals surface area contributed by atoms with E-state index in [0.29, 0.717) is 16.9 Å². The van der Waals surface area contributed by atoms with Crippen LogP contribution in [0.3, 0.4) is 0 Å². The molecule has 0 aromatic heterocycles. The van der Waals surface area contributed by atoms with Gasteiger partial charge in [-0.15, -0.1) is 0 Å². The Kier molecular flexibility index (Phi) is 7.58. The fraction of sp³-hybridized carbons (Fsp3) is 0.0833. The van der Waals surface area contributed by atoms with E-state index in [0.717, 1.165) is 8.95 Å². The van der Waals surface area contributed by atoms with Gasteiger partial charge in [-0.2, -0.15) is 0 Å². The van der Waals surface area contributed by atoms with Gasteiger partial charge in [-0.25, -0.2) is 9.40 Å². The van der Waals surface area contributed by atoms with E-state index >= 15 is 0 Å². The van der Waals surface area contributed by atoms with Crippen molar-refractivity contribution in [1.82, 2.24) is 10.4 Å². The molecule has 1 atom stereocenters. The number of thiocarbonyl (C=S) groups is 1. The smallest absolute Gasteiger partial charge is 0.269 e. The second kappa shape index (κ2) is 10.6. The topological polar surface area (TPSA) is 81.8 Å². The number of rotatable bonds is 6. The van der Waals surface area contributed by atoms with Crippen molar-refractivity contribution in [2.45, 2.75) is 12.5 Å². The van der Waals surface area contributed by atoms with Crippen LogP contribution in [0.2, 0.25) is 0 Å². The summed E-state index contributed by atoms with van der Waals surface area (Å²) >= 11 is 12.2. The molecule has 7 nitrogen and oxygen atoms in total. The number of carbonyl (C=O) groups is 3. The second-order valence-electron chi connectivity index (χ2n) is 7.53. The molecule has 1 heterocycles. The van der Waals surface area contributed by atoms with Crippen LogP contribution in [0.5, 0.6) is 0 Å². The summed E-state index contributed by atoms with van der Waals surface area (Å²) in [6.45, 7) is 0. The molecular weight excluding hydrogens is 603 g/mol. The van der Waals surface area contributed by atoms with Gasteiger partial charge < -0.3 is 5.32 Å². The minimum Gasteiger partial charge on any atom is -0.326 e. The van der Waals surface area contributed by atoms with E-state index in [1.807, 2.05) is 6.07 Å². The maximum absolute atomic E-state index is 13.5. The average Bonchev–Trinajstić information content (AvgIpc) is 3.04. The Bertz CT molecular complexity index is 1300. The summed E-state index contributed by atoms with van der Waals surface area (Å²) in [7, 11) is 0. The first-order chi connectivity index (χ1) is 16.7. The Morgan fingerprint density at radius 3 is 2.31 bits per heavy atom. The van der Waals surface area contributed by atoms with E-state index in [4.69, 9.17) is 12.2 Å². The summed E-state index contributed by atoms with van der Waals surface area (Å²) < 4.78 is 15.0. The van der Waals surface area contributed by atoms with Gasteiger partial charge in [-0.05, 0) is 78.9 Å². The van der Waals surface area contributed by atoms with Crippen LogP contribution in [-0.4, -0.2) is 33.9 Å². The lowest BCUT2D eigenvalue weighted by molar-refractivity contribution is -0.124. The molecule has 0 spiro atoms. The van der Waals surface area contributed by atoms with Crippen LogP contribution in [0.25, 0.3) is 0 Å². The van der Waals surface area contributed by atoms with Gasteiger partial charge in [0.2, 0.25) is 11.0 Å². The molecular formula is C24H17Br2FN4O3S. The van der Waals surface area contributed by atoms with Gasteiger partial charge in [-0.1, -0.05) is 37.9 Å². The zero-order valence-corrected chi connectivity index (χ0v) is 21.9. The van der Waals surface area contributed by atoms with Gasteiger partial charge in [0.05, 0.1) is 12.1 Å². The summed E-state index contributed by atoms with van der Waals surface area (Å²) in [5, 5.41) is 3.91. The number of nitrogens with one attached hydrogen (secondary N) is 2. The number of anilines is 2. The van der Waals surface area contributed by atoms with Gasteiger partial charge >= 0.3 is 0 Å². The highest BCUT2D eigenvalue weighted by atomic mass is 79.9. The Labute approximate surface area is 222 Å². The molecule has 4 rings (SSSR count). The Balaban J connectivity index is 1.60. The maximum Gasteiger partial charge on any atom is 0.269 e. The van der Waals surface area contributed by atoms with Gasteiger partial charge in [0.1, 0.15) is 11.9 Å². The number of amides is 3. The van der Waals surface area contributed by atoms with Crippen LogP contribution in [0.4, 0.5) is 15.8 Å². The minimum atomic E-state index is -1.11. The highest BCUT2D eigenvalue weighted by Gasteiger charge is 2.45. The lowest BCUT2D eigenvalue weighted by Gasteiger charge is -2.24. The summed E-state index contributed by atoms with van der Waals surface area (Å²) in [5.74, 6) is -1.96. The highest BCUT2D eigenvalue weighted by Crippen LogP contribution is 2.27. The molecule has 2 N–H and O–H groups in total. The van der Waals surface area contributed by atoms with E-state index in [1.165, 1.54) is 34.2 Å². The van der Waals surface area contributed by atoms with E-state index < -0.39 is 29.6 Å². The van der Waals surface area contributed by atoms with Gasteiger partial charge in [0.15, 0.2) is 0 Å². The van der Waals surface area contributed by atoms with Crippen molar-refractivity contribution in [3.63, 3.8) is 0 Å². The Morgan fingerprint density at radius 1 is 0.971 bits per heavy atom. The summed E-state index contributed by atoms with van der Waals surface area (Å²) in [6, 6.07) is 17.7. The molecule has 1 aliphatic heterocycles. The molecule has 3 aromatic rings. The average molecular weight is 620 g/mol. The van der Waals surface area contributed by atoms with Crippen molar-refractivity contribution in [3.8, 4) is 0 Å². The minimum absolute atomic E-state index is 0.0349. The summed E-state index contributed by atoms with van der Waals surface area (Å²) in [6.07, 6.45) is -0.288. The first kappa shape index (κ1) is 25.0. The van der Waals surface area contributed by atoms with Crippen LogP contribution in [0.15, 0.2) is 81.7 Å². The molecule has 0 saturated carbocycles. The largest absolute Gasteiger partial charge is 0.326 e. The number of carbonyl (C=O) groups excluding carboxylic acids is 3. The predicted octanol–water partition coefficient (Wildman–Crippen LogP) is 5.03. The molecule has 0 aliphatic carbocycles. The summed E-state index contributed by atoms with van der Waals surface area (Å²) in [4.78, 5) is 40.3. The molecule has 1 fully saturated rings. The van der Waals surface area contributed by atoms with Gasteiger partial charge in [0, 0.05) is 20.2 Å². The number of nitrogens with zero attached hydrogens (tertiary/aromatic N) is 2. The van der Waals surface area contributed by atoms with Gasteiger partial charge in [-0.3, -0.25) is 24.7 Å². The van der Waals surface area contributed by atoms with E-state index in [9.17, 15) is 18.8 Å². The van der Waals surface area contributed by atoms with Crippen LogP contribution in [0, 0.1) is 5.82 Å². The second-order valence-corrected chi connectivity index (χ2v) is 9.73. The molecule has 1 aliphatic rings. The highest BCUT2D eigenvalue weighted by molar-refractivity contribution is 9.10. The fourth-order valence-electron chi connectivity index (χ4n) is 3.46. The number of hydrogen-bond acceptors (Lipinski definition) is 4. The van der Waals surface area contributed by atoms with Crippen LogP contribution >= 0.6 is 44.1 Å². The number of benzene rings is 3. The van der Waals surface area contributed by atoms with Gasteiger partial charge in [0.25, 0.3) is 11.8 Å². The maximum atomic E-state index is 13.5. The third kappa shape index (κ3) is 5.75. The molecule has 3 amide bonds. The summed E-state index contributed by atoms with van der Waals surface area (Å²) in [5.41, 5.74) is 3.84. The number of hydrogen-bond donors (Lipinski definition) is 2. The van der Waals surface area contributed by atoms with E-state index in [1.54, 1.807) is 42.5 Å². The van der Waals surface area contributed by atoms with E-state index in [-0.39, 0.29) is 11.5 Å². The van der Waals surface area contributed by atoms with Crippen molar-refractivity contribution in [2.24, 2.45) is 0 Å². The Hall–Kier alpha value is -3.15. The Morgan fingerprint density at radius 2 is 1.66 bits per heavy atom. The van der Waals surface area contributed by atoms with Crippen molar-refractivity contribution in [3.05, 3.63) is 93.1 Å².